The third-order valence-electron chi connectivity index (χ3n) is 5.64. The van der Waals surface area contributed by atoms with Gasteiger partial charge in [-0.2, -0.15) is 5.10 Å². The van der Waals surface area contributed by atoms with Gasteiger partial charge in [-0.25, -0.2) is 28.2 Å². The third kappa shape index (κ3) is 3.17. The Morgan fingerprint density at radius 2 is 2.10 bits per heavy atom. The lowest BCUT2D eigenvalue weighted by Gasteiger charge is -2.26. The number of halogens is 2. The van der Waals surface area contributed by atoms with Crippen molar-refractivity contribution in [3.05, 3.63) is 30.0 Å². The van der Waals surface area contributed by atoms with E-state index in [-0.39, 0.29) is 18.2 Å². The zero-order chi connectivity index (χ0) is 20.0. The van der Waals surface area contributed by atoms with E-state index in [1.807, 2.05) is 0 Å². The molecule has 4 heterocycles. The van der Waals surface area contributed by atoms with Crippen LogP contribution in [0.1, 0.15) is 30.9 Å². The lowest BCUT2D eigenvalue weighted by molar-refractivity contribution is 0.342. The first-order valence-electron chi connectivity index (χ1n) is 9.71. The first-order valence-corrected chi connectivity index (χ1v) is 9.71. The molecule has 10 heteroatoms. The summed E-state index contributed by atoms with van der Waals surface area (Å²) in [5, 5.41) is 10.6. The first-order chi connectivity index (χ1) is 14.1. The quantitative estimate of drug-likeness (QED) is 0.678. The maximum atomic E-state index is 14.6. The number of hydrogen-bond donors (Lipinski definition) is 2. The number of aromatic nitrogens is 5. The van der Waals surface area contributed by atoms with Gasteiger partial charge in [0.25, 0.3) is 0 Å². The van der Waals surface area contributed by atoms with Crippen LogP contribution >= 0.6 is 0 Å². The minimum Gasteiger partial charge on any atom is -0.495 e. The minimum absolute atomic E-state index is 0.0635. The molecule has 0 bridgehead atoms. The summed E-state index contributed by atoms with van der Waals surface area (Å²) >= 11 is 0. The topological polar surface area (TPSA) is 89.3 Å². The number of nitrogens with one attached hydrogen (secondary N) is 2. The molecule has 0 spiro atoms. The van der Waals surface area contributed by atoms with Gasteiger partial charge >= 0.3 is 0 Å². The Bertz CT molecular complexity index is 1050. The molecule has 29 heavy (non-hydrogen) atoms. The van der Waals surface area contributed by atoms with E-state index >= 15 is 0 Å². The molecule has 5 rings (SSSR count). The van der Waals surface area contributed by atoms with Crippen LogP contribution in [-0.2, 0) is 0 Å². The van der Waals surface area contributed by atoms with Gasteiger partial charge in [0.1, 0.15) is 29.0 Å². The Kier molecular flexibility index (Phi) is 4.50. The van der Waals surface area contributed by atoms with Crippen LogP contribution in [0.25, 0.3) is 17.0 Å². The van der Waals surface area contributed by atoms with E-state index in [0.717, 1.165) is 31.2 Å². The Morgan fingerprint density at radius 3 is 2.79 bits per heavy atom. The number of rotatable bonds is 5. The van der Waals surface area contributed by atoms with Crippen LogP contribution < -0.4 is 15.4 Å². The Hall–Kier alpha value is -2.88. The fourth-order valence-electron chi connectivity index (χ4n) is 3.77. The summed E-state index contributed by atoms with van der Waals surface area (Å²) in [6.45, 7) is 0.730. The van der Waals surface area contributed by atoms with Crippen molar-refractivity contribution in [2.24, 2.45) is 0 Å². The average Bonchev–Trinajstić information content (AvgIpc) is 3.27. The van der Waals surface area contributed by atoms with Crippen LogP contribution in [0.2, 0.25) is 0 Å². The predicted octanol–water partition coefficient (Wildman–Crippen LogP) is 2.32. The van der Waals surface area contributed by atoms with Crippen molar-refractivity contribution in [3.63, 3.8) is 0 Å². The van der Waals surface area contributed by atoms with E-state index in [2.05, 4.69) is 25.6 Å². The normalized spacial score (nSPS) is 22.0. The molecule has 152 valence electrons. The maximum absolute atomic E-state index is 14.6. The number of hydrogen-bond acceptors (Lipinski definition) is 7. The number of fused-ring (bicyclic) bond motifs is 1. The highest BCUT2D eigenvalue weighted by Crippen LogP contribution is 2.40. The standard InChI is InChI=1S/C19H21F2N7O/c1-29-15-5-16-23-9-14(28(16)27-17(15)10-3-2-4-10)18-12(21)7-24-19(26-18)25-13-8-22-6-11(13)20/h5,7,9-11,13,22H,2-4,6,8H2,1H3,(H,24,25,26). The van der Waals surface area contributed by atoms with Crippen LogP contribution in [-0.4, -0.2) is 57.0 Å². The highest BCUT2D eigenvalue weighted by Gasteiger charge is 2.28. The fourth-order valence-corrected chi connectivity index (χ4v) is 3.77. The summed E-state index contributed by atoms with van der Waals surface area (Å²) in [6, 6.07) is 1.35. The Morgan fingerprint density at radius 1 is 1.24 bits per heavy atom. The molecule has 2 unspecified atom stereocenters. The summed E-state index contributed by atoms with van der Waals surface area (Å²) < 4.78 is 35.5. The SMILES string of the molecule is COc1cc2ncc(-c3nc(NC4CNCC4F)ncc3F)n2nc1C1CCC1. The Labute approximate surface area is 165 Å². The van der Waals surface area contributed by atoms with Gasteiger partial charge in [-0.1, -0.05) is 6.42 Å². The van der Waals surface area contributed by atoms with Gasteiger partial charge in [-0.3, -0.25) is 0 Å². The second kappa shape index (κ2) is 7.18. The molecule has 0 aromatic carbocycles. The van der Waals surface area contributed by atoms with Crippen molar-refractivity contribution in [2.45, 2.75) is 37.4 Å². The number of ether oxygens (including phenoxy) is 1. The summed E-state index contributed by atoms with van der Waals surface area (Å²) in [5.74, 6) is 0.586. The molecule has 2 atom stereocenters. The van der Waals surface area contributed by atoms with Gasteiger partial charge in [0.15, 0.2) is 11.5 Å². The van der Waals surface area contributed by atoms with E-state index in [1.54, 1.807) is 17.7 Å². The molecule has 3 aromatic rings. The molecule has 0 amide bonds. The molecule has 1 aliphatic heterocycles. The molecular weight excluding hydrogens is 380 g/mol. The lowest BCUT2D eigenvalue weighted by Crippen LogP contribution is -2.30. The monoisotopic (exact) mass is 401 g/mol. The minimum atomic E-state index is -1.05. The van der Waals surface area contributed by atoms with Gasteiger partial charge in [-0.05, 0) is 12.8 Å². The molecular formula is C19H21F2N7O. The van der Waals surface area contributed by atoms with E-state index in [1.165, 1.54) is 6.20 Å². The van der Waals surface area contributed by atoms with Crippen molar-refractivity contribution >= 4 is 11.6 Å². The third-order valence-corrected chi connectivity index (χ3v) is 5.64. The number of anilines is 1. The molecule has 2 fully saturated rings. The zero-order valence-corrected chi connectivity index (χ0v) is 15.9. The summed E-state index contributed by atoms with van der Waals surface area (Å²) in [5.41, 5.74) is 1.85. The van der Waals surface area contributed by atoms with Crippen LogP contribution in [0.4, 0.5) is 14.7 Å². The number of nitrogens with zero attached hydrogens (tertiary/aromatic N) is 5. The Balaban J connectivity index is 1.55. The van der Waals surface area contributed by atoms with Crippen molar-refractivity contribution in [2.75, 3.05) is 25.5 Å². The molecule has 2 aliphatic rings. The van der Waals surface area contributed by atoms with Gasteiger partial charge < -0.3 is 15.4 Å². The molecule has 3 aromatic heterocycles. The van der Waals surface area contributed by atoms with Crippen LogP contribution in [0.5, 0.6) is 5.75 Å². The van der Waals surface area contributed by atoms with E-state index in [9.17, 15) is 8.78 Å². The van der Waals surface area contributed by atoms with Crippen molar-refractivity contribution < 1.29 is 13.5 Å². The molecule has 1 saturated heterocycles. The number of methoxy groups -OCH3 is 1. The second-order valence-electron chi connectivity index (χ2n) is 7.45. The summed E-state index contributed by atoms with van der Waals surface area (Å²) in [6.07, 6.45) is 4.81. The highest BCUT2D eigenvalue weighted by atomic mass is 19.1. The average molecular weight is 401 g/mol. The smallest absolute Gasteiger partial charge is 0.223 e. The highest BCUT2D eigenvalue weighted by molar-refractivity contribution is 5.62. The lowest BCUT2D eigenvalue weighted by atomic mass is 9.82. The molecule has 2 N–H and O–H groups in total. The van der Waals surface area contributed by atoms with Gasteiger partial charge in [0, 0.05) is 25.1 Å². The van der Waals surface area contributed by atoms with E-state index in [0.29, 0.717) is 29.6 Å². The summed E-state index contributed by atoms with van der Waals surface area (Å²) in [4.78, 5) is 12.6. The fraction of sp³-hybridized carbons (Fsp3) is 0.474. The van der Waals surface area contributed by atoms with Crippen molar-refractivity contribution in [1.82, 2.24) is 29.9 Å². The largest absolute Gasteiger partial charge is 0.495 e. The maximum Gasteiger partial charge on any atom is 0.223 e. The second-order valence-corrected chi connectivity index (χ2v) is 7.45. The first kappa shape index (κ1) is 18.2. The van der Waals surface area contributed by atoms with E-state index < -0.39 is 18.0 Å². The molecule has 1 aliphatic carbocycles. The molecule has 8 nitrogen and oxygen atoms in total. The summed E-state index contributed by atoms with van der Waals surface area (Å²) in [7, 11) is 1.61. The van der Waals surface area contributed by atoms with Crippen LogP contribution in [0.15, 0.2) is 18.5 Å². The van der Waals surface area contributed by atoms with Crippen molar-refractivity contribution in [3.8, 4) is 17.1 Å². The van der Waals surface area contributed by atoms with Crippen LogP contribution in [0.3, 0.4) is 0 Å². The number of alkyl halides is 1. The molecule has 1 saturated carbocycles. The predicted molar refractivity (Wildman–Crippen MR) is 102 cm³/mol. The van der Waals surface area contributed by atoms with Gasteiger partial charge in [0.2, 0.25) is 5.95 Å². The van der Waals surface area contributed by atoms with Gasteiger partial charge in [-0.15, -0.1) is 0 Å². The zero-order valence-electron chi connectivity index (χ0n) is 15.9. The molecule has 0 radical (unpaired) electrons. The number of imidazole rings is 1. The van der Waals surface area contributed by atoms with Crippen molar-refractivity contribution in [1.29, 1.82) is 0 Å². The van der Waals surface area contributed by atoms with Gasteiger partial charge in [0.05, 0.1) is 25.5 Å². The van der Waals surface area contributed by atoms with E-state index in [4.69, 9.17) is 9.84 Å². The van der Waals surface area contributed by atoms with Crippen LogP contribution in [0, 0.1) is 5.82 Å².